The summed E-state index contributed by atoms with van der Waals surface area (Å²) in [6, 6.07) is 12.8. The lowest BCUT2D eigenvalue weighted by Gasteiger charge is -2.14. The molecular formula is C31H28ClN5O3S2. The maximum absolute atomic E-state index is 13.0. The lowest BCUT2D eigenvalue weighted by molar-refractivity contribution is -0.112. The van der Waals surface area contributed by atoms with Crippen molar-refractivity contribution in [1.29, 1.82) is 0 Å². The molecular weight excluding hydrogens is 590 g/mol. The van der Waals surface area contributed by atoms with Crippen LogP contribution in [-0.4, -0.2) is 45.6 Å². The van der Waals surface area contributed by atoms with Crippen LogP contribution in [0.4, 0.5) is 5.69 Å². The van der Waals surface area contributed by atoms with Crippen molar-refractivity contribution in [2.75, 3.05) is 16.8 Å². The smallest absolute Gasteiger partial charge is 0.251 e. The summed E-state index contributed by atoms with van der Waals surface area (Å²) < 4.78 is 27.5. The number of nitrogens with zero attached hydrogens (tertiary/aromatic N) is 4. The Hall–Kier alpha value is -3.86. The Morgan fingerprint density at radius 3 is 2.74 bits per heavy atom. The summed E-state index contributed by atoms with van der Waals surface area (Å²) in [7, 11) is -3.15. The number of anilines is 1. The topological polar surface area (TPSA) is 107 Å². The van der Waals surface area contributed by atoms with Gasteiger partial charge in [0.1, 0.15) is 5.69 Å². The van der Waals surface area contributed by atoms with Crippen molar-refractivity contribution in [2.24, 2.45) is 0 Å². The van der Waals surface area contributed by atoms with Gasteiger partial charge < -0.3 is 5.32 Å². The van der Waals surface area contributed by atoms with E-state index in [0.29, 0.717) is 52.7 Å². The highest BCUT2D eigenvalue weighted by Crippen LogP contribution is 2.41. The van der Waals surface area contributed by atoms with Crippen molar-refractivity contribution >= 4 is 44.4 Å². The highest BCUT2D eigenvalue weighted by molar-refractivity contribution is 7.91. The van der Waals surface area contributed by atoms with Crippen LogP contribution < -0.4 is 5.32 Å². The van der Waals surface area contributed by atoms with E-state index >= 15 is 0 Å². The maximum atomic E-state index is 13.0. The second-order valence-corrected chi connectivity index (χ2v) is 14.2. The highest BCUT2D eigenvalue weighted by atomic mass is 35.5. The zero-order chi connectivity index (χ0) is 29.1. The number of pyridine rings is 2. The number of nitrogens with one attached hydrogen (secondary N) is 1. The third-order valence-corrected chi connectivity index (χ3v) is 10.3. The lowest BCUT2D eigenvalue weighted by Crippen LogP contribution is -2.14. The molecule has 5 heterocycles. The Bertz CT molecular complexity index is 1810. The number of allylic oxidation sites excluding steroid dienone is 5. The number of aromatic nitrogens is 4. The van der Waals surface area contributed by atoms with E-state index in [1.165, 1.54) is 11.3 Å². The van der Waals surface area contributed by atoms with Crippen molar-refractivity contribution < 1.29 is 13.2 Å². The fraction of sp³-hybridized carbons (Fsp3) is 0.226. The molecule has 4 aromatic rings. The molecule has 0 aromatic carbocycles. The van der Waals surface area contributed by atoms with Crippen LogP contribution >= 0.6 is 22.9 Å². The minimum Gasteiger partial charge on any atom is -0.321 e. The lowest BCUT2D eigenvalue weighted by atomic mass is 9.96. The van der Waals surface area contributed by atoms with Crippen LogP contribution in [0, 0.1) is 0 Å². The second-order valence-electron chi connectivity index (χ2n) is 10.2. The molecule has 4 aromatic heterocycles. The first-order valence-corrected chi connectivity index (χ1v) is 16.6. The summed E-state index contributed by atoms with van der Waals surface area (Å²) in [5, 5.41) is 7.96. The first-order valence-electron chi connectivity index (χ1n) is 13.6. The minimum absolute atomic E-state index is 0.0463. The van der Waals surface area contributed by atoms with E-state index in [-0.39, 0.29) is 23.5 Å². The van der Waals surface area contributed by atoms with Gasteiger partial charge >= 0.3 is 0 Å². The average molecular weight is 618 g/mol. The third kappa shape index (κ3) is 6.30. The van der Waals surface area contributed by atoms with Crippen LogP contribution in [0.15, 0.2) is 96.5 Å². The van der Waals surface area contributed by atoms with Crippen LogP contribution in [0.25, 0.3) is 22.0 Å². The Labute approximate surface area is 253 Å². The average Bonchev–Trinajstić information content (AvgIpc) is 3.67. The zero-order valence-electron chi connectivity index (χ0n) is 22.6. The summed E-state index contributed by atoms with van der Waals surface area (Å²) in [6.07, 6.45) is 15.2. The molecule has 42 heavy (non-hydrogen) atoms. The molecule has 1 aliphatic carbocycles. The van der Waals surface area contributed by atoms with E-state index < -0.39 is 9.84 Å². The van der Waals surface area contributed by atoms with Crippen LogP contribution in [0.3, 0.4) is 0 Å². The van der Waals surface area contributed by atoms with Crippen LogP contribution in [0.2, 0.25) is 4.34 Å². The molecule has 1 saturated heterocycles. The SMILES string of the molecule is O=C(Nc1cccnc1)/C1=C/C/C=C\C(Cc2c(-c3ccccn3)nn(C3CCS(=O)(=O)C3)c2-c2ccc(Cl)s2)=C/C1. The highest BCUT2D eigenvalue weighted by Gasteiger charge is 2.34. The number of halogens is 1. The van der Waals surface area contributed by atoms with E-state index in [2.05, 4.69) is 27.4 Å². The van der Waals surface area contributed by atoms with E-state index in [9.17, 15) is 13.2 Å². The Balaban J connectivity index is 1.39. The van der Waals surface area contributed by atoms with E-state index in [1.807, 2.05) is 47.2 Å². The van der Waals surface area contributed by atoms with Gasteiger partial charge in [0.05, 0.1) is 50.0 Å². The van der Waals surface area contributed by atoms with E-state index in [1.54, 1.807) is 30.7 Å². The molecule has 214 valence electrons. The molecule has 11 heteroatoms. The van der Waals surface area contributed by atoms with Crippen molar-refractivity contribution in [1.82, 2.24) is 19.7 Å². The van der Waals surface area contributed by atoms with Gasteiger partial charge in [0.2, 0.25) is 0 Å². The largest absolute Gasteiger partial charge is 0.321 e. The van der Waals surface area contributed by atoms with Crippen LogP contribution in [-0.2, 0) is 21.1 Å². The van der Waals surface area contributed by atoms with Crippen molar-refractivity contribution in [3.63, 3.8) is 0 Å². The Morgan fingerprint density at radius 2 is 2.02 bits per heavy atom. The van der Waals surface area contributed by atoms with Gasteiger partial charge in [0.25, 0.3) is 5.91 Å². The van der Waals surface area contributed by atoms with Gasteiger partial charge in [-0.15, -0.1) is 11.3 Å². The maximum Gasteiger partial charge on any atom is 0.251 e. The molecule has 1 fully saturated rings. The second kappa shape index (κ2) is 12.2. The molecule has 1 atom stereocenters. The summed E-state index contributed by atoms with van der Waals surface area (Å²) in [6.45, 7) is 0. The third-order valence-electron chi connectivity index (χ3n) is 7.29. The Kier molecular flexibility index (Phi) is 8.19. The molecule has 8 nitrogen and oxygen atoms in total. The molecule has 0 radical (unpaired) electrons. The minimum atomic E-state index is -3.15. The number of thiophene rings is 1. The number of hydrogen-bond donors (Lipinski definition) is 1. The number of sulfone groups is 1. The molecule has 6 rings (SSSR count). The van der Waals surface area contributed by atoms with Crippen molar-refractivity contribution in [3.05, 3.63) is 106 Å². The molecule has 0 spiro atoms. The van der Waals surface area contributed by atoms with Gasteiger partial charge in [-0.25, -0.2) is 8.42 Å². The number of carbonyl (C=O) groups is 1. The van der Waals surface area contributed by atoms with Gasteiger partial charge in [-0.05, 0) is 61.2 Å². The monoisotopic (exact) mass is 617 g/mol. The van der Waals surface area contributed by atoms with Gasteiger partial charge in [0, 0.05) is 30.0 Å². The summed E-state index contributed by atoms with van der Waals surface area (Å²) in [5.74, 6) is 0.0258. The standard InChI is InChI=1S/C31H28ClN5O3S2/c32-28-13-12-27(41-28)30-25(29(26-9-3-4-16-34-26)36-37(30)24-14-17-42(39,40)20-24)18-21-6-1-2-7-22(11-10-21)31(38)35-23-8-5-15-33-19-23/h1,3-10,12-13,15-16,19,24H,2,11,14,17-18,20H2,(H,35,38)/b6-1-,21-10+,22-7+. The Morgan fingerprint density at radius 1 is 1.12 bits per heavy atom. The number of carbonyl (C=O) groups excluding carboxylic acids is 1. The molecule has 1 amide bonds. The van der Waals surface area contributed by atoms with E-state index in [0.717, 1.165) is 21.7 Å². The van der Waals surface area contributed by atoms with Crippen LogP contribution in [0.1, 0.15) is 30.9 Å². The molecule has 1 N–H and O–H groups in total. The number of hydrogen-bond acceptors (Lipinski definition) is 7. The van der Waals surface area contributed by atoms with Gasteiger partial charge in [-0.2, -0.15) is 5.10 Å². The van der Waals surface area contributed by atoms with Gasteiger partial charge in [-0.3, -0.25) is 19.4 Å². The first kappa shape index (κ1) is 28.3. The van der Waals surface area contributed by atoms with Gasteiger partial charge in [0.15, 0.2) is 9.84 Å². The van der Waals surface area contributed by atoms with Gasteiger partial charge in [-0.1, -0.05) is 42.0 Å². The normalized spacial score (nSPS) is 21.4. The van der Waals surface area contributed by atoms with Crippen molar-refractivity contribution in [2.45, 2.75) is 31.7 Å². The number of amides is 1. The summed E-state index contributed by atoms with van der Waals surface area (Å²) >= 11 is 7.83. The van der Waals surface area contributed by atoms with Crippen LogP contribution in [0.5, 0.6) is 0 Å². The fourth-order valence-corrected chi connectivity index (χ4v) is 8.07. The zero-order valence-corrected chi connectivity index (χ0v) is 25.0. The fourth-order valence-electron chi connectivity index (χ4n) is 5.27. The predicted molar refractivity (Wildman–Crippen MR) is 167 cm³/mol. The molecule has 1 aliphatic heterocycles. The number of rotatable bonds is 7. The summed E-state index contributed by atoms with van der Waals surface area (Å²) in [5.41, 5.74) is 5.56. The predicted octanol–water partition coefficient (Wildman–Crippen LogP) is 6.47. The first-order chi connectivity index (χ1) is 20.4. The van der Waals surface area contributed by atoms with E-state index in [4.69, 9.17) is 16.7 Å². The molecule has 1 unspecified atom stereocenters. The molecule has 0 bridgehead atoms. The molecule has 0 saturated carbocycles. The quantitative estimate of drug-likeness (QED) is 0.255. The summed E-state index contributed by atoms with van der Waals surface area (Å²) in [4.78, 5) is 22.6. The van der Waals surface area contributed by atoms with Crippen molar-refractivity contribution in [3.8, 4) is 22.0 Å². The molecule has 2 aliphatic rings.